The van der Waals surface area contributed by atoms with Gasteiger partial charge in [-0.3, -0.25) is 4.79 Å². The maximum absolute atomic E-state index is 11.9. The van der Waals surface area contributed by atoms with Crippen LogP contribution < -0.4 is 4.90 Å². The Kier molecular flexibility index (Phi) is 2.54. The van der Waals surface area contributed by atoms with Gasteiger partial charge in [-0.15, -0.1) is 0 Å². The number of piperidine rings is 1. The van der Waals surface area contributed by atoms with Gasteiger partial charge in [-0.1, -0.05) is 6.07 Å². The Labute approximate surface area is 108 Å². The van der Waals surface area contributed by atoms with Crippen molar-refractivity contribution in [2.75, 3.05) is 31.6 Å². The summed E-state index contributed by atoms with van der Waals surface area (Å²) in [5.74, 6) is 1.38. The highest BCUT2D eigenvalue weighted by Gasteiger charge is 2.51. The molecular weight excluding hydrogens is 226 g/mol. The molecule has 3 heterocycles. The molecule has 0 atom stereocenters. The highest BCUT2D eigenvalue weighted by Crippen LogP contribution is 2.41. The number of aromatic nitrogens is 1. The van der Waals surface area contributed by atoms with E-state index in [1.54, 1.807) is 0 Å². The number of anilines is 1. The van der Waals surface area contributed by atoms with Crippen molar-refractivity contribution in [1.82, 2.24) is 9.88 Å². The highest BCUT2D eigenvalue weighted by atomic mass is 16.2. The average Bonchev–Trinajstić information content (AvgIpc) is 2.39. The summed E-state index contributed by atoms with van der Waals surface area (Å²) in [5, 5.41) is 0. The molecular formula is C14H19N3O. The normalized spacial score (nSPS) is 22.2. The molecule has 0 bridgehead atoms. The fourth-order valence-electron chi connectivity index (χ4n) is 3.15. The van der Waals surface area contributed by atoms with Gasteiger partial charge >= 0.3 is 0 Å². The molecule has 0 unspecified atom stereocenters. The zero-order valence-corrected chi connectivity index (χ0v) is 11.0. The van der Waals surface area contributed by atoms with E-state index in [0.29, 0.717) is 5.91 Å². The topological polar surface area (TPSA) is 36.4 Å². The van der Waals surface area contributed by atoms with Crippen molar-refractivity contribution < 1.29 is 4.79 Å². The highest BCUT2D eigenvalue weighted by molar-refractivity contribution is 5.88. The smallest absolute Gasteiger partial charge is 0.230 e. The summed E-state index contributed by atoms with van der Waals surface area (Å²) in [6.45, 7) is 4.83. The lowest BCUT2D eigenvalue weighted by molar-refractivity contribution is -0.159. The molecule has 2 saturated heterocycles. The van der Waals surface area contributed by atoms with E-state index in [9.17, 15) is 4.79 Å². The van der Waals surface area contributed by atoms with Crippen molar-refractivity contribution in [1.29, 1.82) is 0 Å². The van der Waals surface area contributed by atoms with Crippen LogP contribution in [0.5, 0.6) is 0 Å². The number of hydrogen-bond donors (Lipinski definition) is 0. The van der Waals surface area contributed by atoms with Crippen molar-refractivity contribution >= 4 is 11.7 Å². The van der Waals surface area contributed by atoms with Gasteiger partial charge < -0.3 is 9.80 Å². The second-order valence-corrected chi connectivity index (χ2v) is 5.57. The Bertz CT molecular complexity index is 478. The quantitative estimate of drug-likeness (QED) is 0.703. The Morgan fingerprint density at radius 3 is 2.56 bits per heavy atom. The molecule has 4 heteroatoms. The number of aryl methyl sites for hydroxylation is 1. The second-order valence-electron chi connectivity index (χ2n) is 5.57. The first-order chi connectivity index (χ1) is 8.61. The lowest BCUT2D eigenvalue weighted by Gasteiger charge is -2.51. The van der Waals surface area contributed by atoms with Crippen LogP contribution in [0, 0.1) is 12.3 Å². The molecule has 2 fully saturated rings. The molecule has 2 aliphatic heterocycles. The van der Waals surface area contributed by atoms with Crippen LogP contribution in [0.4, 0.5) is 5.82 Å². The predicted molar refractivity (Wildman–Crippen MR) is 70.5 cm³/mol. The van der Waals surface area contributed by atoms with Gasteiger partial charge in [0.1, 0.15) is 5.82 Å². The van der Waals surface area contributed by atoms with Crippen molar-refractivity contribution in [3.63, 3.8) is 0 Å². The molecule has 1 aromatic rings. The number of pyridine rings is 1. The molecule has 2 aliphatic rings. The van der Waals surface area contributed by atoms with Gasteiger partial charge in [0.25, 0.3) is 0 Å². The summed E-state index contributed by atoms with van der Waals surface area (Å²) in [7, 11) is 1.89. The lowest BCUT2D eigenvalue weighted by Crippen LogP contribution is -2.63. The summed E-state index contributed by atoms with van der Waals surface area (Å²) in [6.07, 6.45) is 1.93. The summed E-state index contributed by atoms with van der Waals surface area (Å²) in [6, 6.07) is 6.11. The zero-order chi connectivity index (χ0) is 12.8. The van der Waals surface area contributed by atoms with Gasteiger partial charge in [0.05, 0.1) is 5.41 Å². The van der Waals surface area contributed by atoms with E-state index in [1.807, 2.05) is 31.0 Å². The monoisotopic (exact) mass is 245 g/mol. The van der Waals surface area contributed by atoms with Gasteiger partial charge in [-0.25, -0.2) is 4.98 Å². The molecule has 1 aromatic heterocycles. The zero-order valence-electron chi connectivity index (χ0n) is 11.0. The van der Waals surface area contributed by atoms with E-state index in [1.165, 1.54) is 0 Å². The molecule has 1 spiro atoms. The fraction of sp³-hybridized carbons (Fsp3) is 0.571. The Balaban J connectivity index is 1.69. The van der Waals surface area contributed by atoms with Crippen LogP contribution in [0.2, 0.25) is 0 Å². The predicted octanol–water partition coefficient (Wildman–Crippen LogP) is 1.45. The van der Waals surface area contributed by atoms with Crippen molar-refractivity contribution in [3.8, 4) is 0 Å². The third kappa shape index (κ3) is 1.67. The van der Waals surface area contributed by atoms with Crippen molar-refractivity contribution in [3.05, 3.63) is 23.9 Å². The van der Waals surface area contributed by atoms with Gasteiger partial charge in [0, 0.05) is 32.4 Å². The van der Waals surface area contributed by atoms with E-state index in [-0.39, 0.29) is 5.41 Å². The van der Waals surface area contributed by atoms with Crippen LogP contribution in [0.1, 0.15) is 18.5 Å². The standard InChI is InChI=1S/C14H19N3O/c1-11-4-3-5-12(15-11)17-8-6-14(7-9-17)10-16(2)13(14)18/h3-5H,6-10H2,1-2H3. The Morgan fingerprint density at radius 1 is 1.28 bits per heavy atom. The van der Waals surface area contributed by atoms with Crippen LogP contribution in [0.25, 0.3) is 0 Å². The van der Waals surface area contributed by atoms with Crippen LogP contribution in [-0.2, 0) is 4.79 Å². The van der Waals surface area contributed by atoms with E-state index in [0.717, 1.165) is 44.0 Å². The molecule has 96 valence electrons. The van der Waals surface area contributed by atoms with Crippen molar-refractivity contribution in [2.45, 2.75) is 19.8 Å². The van der Waals surface area contributed by atoms with Crippen LogP contribution in [0.15, 0.2) is 18.2 Å². The van der Waals surface area contributed by atoms with Crippen molar-refractivity contribution in [2.24, 2.45) is 5.41 Å². The number of hydrogen-bond acceptors (Lipinski definition) is 3. The van der Waals surface area contributed by atoms with Gasteiger partial charge in [-0.2, -0.15) is 0 Å². The number of likely N-dealkylation sites (tertiary alicyclic amines) is 1. The molecule has 0 radical (unpaired) electrons. The van der Waals surface area contributed by atoms with Crippen LogP contribution in [-0.4, -0.2) is 42.5 Å². The summed E-state index contributed by atoms with van der Waals surface area (Å²) in [4.78, 5) is 20.6. The minimum atomic E-state index is -0.0466. The minimum Gasteiger partial charge on any atom is -0.357 e. The van der Waals surface area contributed by atoms with E-state index in [2.05, 4.69) is 16.0 Å². The SMILES string of the molecule is Cc1cccc(N2CCC3(CC2)CN(C)C3=O)n1. The minimum absolute atomic E-state index is 0.0466. The van der Waals surface area contributed by atoms with Gasteiger partial charge in [0.15, 0.2) is 0 Å². The van der Waals surface area contributed by atoms with Gasteiger partial charge in [-0.05, 0) is 31.9 Å². The van der Waals surface area contributed by atoms with E-state index >= 15 is 0 Å². The third-order valence-electron chi connectivity index (χ3n) is 4.26. The first-order valence-electron chi connectivity index (χ1n) is 6.55. The number of β-lactam (4-membered cyclic amide) rings is 1. The third-order valence-corrected chi connectivity index (χ3v) is 4.26. The number of carbonyl (C=O) groups is 1. The van der Waals surface area contributed by atoms with E-state index in [4.69, 9.17) is 0 Å². The summed E-state index contributed by atoms with van der Waals surface area (Å²) < 4.78 is 0. The number of carbonyl (C=O) groups excluding carboxylic acids is 1. The Hall–Kier alpha value is -1.58. The molecule has 3 rings (SSSR count). The van der Waals surface area contributed by atoms with Crippen LogP contribution >= 0.6 is 0 Å². The lowest BCUT2D eigenvalue weighted by atomic mass is 9.71. The first kappa shape index (κ1) is 11.5. The molecule has 0 saturated carbocycles. The molecule has 0 N–H and O–H groups in total. The molecule has 0 aliphatic carbocycles. The maximum atomic E-state index is 11.9. The number of rotatable bonds is 1. The summed E-state index contributed by atoms with van der Waals surface area (Å²) >= 11 is 0. The first-order valence-corrected chi connectivity index (χ1v) is 6.55. The molecule has 4 nitrogen and oxygen atoms in total. The molecule has 1 amide bonds. The summed E-state index contributed by atoms with van der Waals surface area (Å²) in [5.41, 5.74) is 1.00. The van der Waals surface area contributed by atoms with Crippen LogP contribution in [0.3, 0.4) is 0 Å². The Morgan fingerprint density at radius 2 is 2.00 bits per heavy atom. The second kappa shape index (κ2) is 3.97. The molecule has 0 aromatic carbocycles. The average molecular weight is 245 g/mol. The largest absolute Gasteiger partial charge is 0.357 e. The number of amides is 1. The van der Waals surface area contributed by atoms with E-state index < -0.39 is 0 Å². The van der Waals surface area contributed by atoms with Gasteiger partial charge in [0.2, 0.25) is 5.91 Å². The maximum Gasteiger partial charge on any atom is 0.230 e. The fourth-order valence-corrected chi connectivity index (χ4v) is 3.15. The molecule has 18 heavy (non-hydrogen) atoms. The number of nitrogens with zero attached hydrogens (tertiary/aromatic N) is 3.